The van der Waals surface area contributed by atoms with Crippen molar-refractivity contribution < 1.29 is 14.6 Å². The average molecular weight is 369 g/mol. The maximum Gasteiger partial charge on any atom is 0.329 e. The zero-order valence-corrected chi connectivity index (χ0v) is 14.1. The van der Waals surface area contributed by atoms with Crippen molar-refractivity contribution in [3.63, 3.8) is 0 Å². The van der Waals surface area contributed by atoms with Gasteiger partial charge in [0.15, 0.2) is 0 Å². The fourth-order valence-corrected chi connectivity index (χ4v) is 4.45. The van der Waals surface area contributed by atoms with Crippen molar-refractivity contribution in [2.45, 2.75) is 37.7 Å². The third-order valence-electron chi connectivity index (χ3n) is 5.19. The summed E-state index contributed by atoms with van der Waals surface area (Å²) in [5, 5.41) is 12.5. The largest absolute Gasteiger partial charge is 0.480 e. The van der Waals surface area contributed by atoms with Gasteiger partial charge in [-0.15, -0.1) is 0 Å². The molecule has 2 N–H and O–H groups in total. The third-order valence-corrected chi connectivity index (χ3v) is 5.82. The molecule has 1 aromatic rings. The second-order valence-electron chi connectivity index (χ2n) is 6.46. The van der Waals surface area contributed by atoms with Gasteiger partial charge in [0.2, 0.25) is 0 Å². The zero-order valence-electron chi connectivity index (χ0n) is 12.5. The minimum atomic E-state index is -0.924. The van der Waals surface area contributed by atoms with Crippen LogP contribution in [0.25, 0.3) is 0 Å². The lowest BCUT2D eigenvalue weighted by Gasteiger charge is -2.45. The molecule has 1 saturated carbocycles. The Morgan fingerprint density at radius 2 is 2.14 bits per heavy atom. The van der Waals surface area contributed by atoms with Gasteiger partial charge in [-0.3, -0.25) is 4.98 Å². The first kappa shape index (κ1) is 15.9. The van der Waals surface area contributed by atoms with Crippen LogP contribution in [0.2, 0.25) is 0 Å². The second kappa shape index (κ2) is 6.26. The molecule has 1 aliphatic heterocycles. The molecule has 1 spiro atoms. The highest BCUT2D eigenvalue weighted by Gasteiger charge is 2.46. The maximum atomic E-state index is 11.0. The van der Waals surface area contributed by atoms with Crippen LogP contribution in [0.15, 0.2) is 22.9 Å². The Balaban J connectivity index is 1.85. The lowest BCUT2D eigenvalue weighted by Crippen LogP contribution is -2.41. The lowest BCUT2D eigenvalue weighted by molar-refractivity contribution is -0.156. The van der Waals surface area contributed by atoms with Crippen molar-refractivity contribution >= 4 is 21.9 Å². The second-order valence-corrected chi connectivity index (χ2v) is 7.31. The summed E-state index contributed by atoms with van der Waals surface area (Å²) in [6.07, 6.45) is 8.54. The fraction of sp³-hybridized carbons (Fsp3) is 0.625. The van der Waals surface area contributed by atoms with Crippen LogP contribution < -0.4 is 5.32 Å². The van der Waals surface area contributed by atoms with Crippen LogP contribution in [0.1, 0.15) is 37.7 Å². The molecule has 1 aromatic heterocycles. The van der Waals surface area contributed by atoms with Gasteiger partial charge < -0.3 is 15.2 Å². The Bertz CT molecular complexity index is 548. The smallest absolute Gasteiger partial charge is 0.329 e. The fourth-order valence-electron chi connectivity index (χ4n) is 3.84. The monoisotopic (exact) mass is 368 g/mol. The molecule has 0 amide bonds. The van der Waals surface area contributed by atoms with Crippen LogP contribution in [0.4, 0.5) is 0 Å². The van der Waals surface area contributed by atoms with Crippen LogP contribution in [-0.2, 0) is 15.1 Å². The van der Waals surface area contributed by atoms with E-state index in [0.29, 0.717) is 5.41 Å². The number of hydrogen-bond acceptors (Lipinski definition) is 4. The lowest BCUT2D eigenvalue weighted by atomic mass is 9.66. The number of carbonyl (C=O) groups is 1. The summed E-state index contributed by atoms with van der Waals surface area (Å²) in [5.41, 5.74) is 0.869. The molecule has 0 unspecified atom stereocenters. The number of rotatable bonds is 4. The van der Waals surface area contributed by atoms with Crippen molar-refractivity contribution in [2.75, 3.05) is 19.7 Å². The van der Waals surface area contributed by atoms with Gasteiger partial charge in [-0.2, -0.15) is 0 Å². The first-order valence-electron chi connectivity index (χ1n) is 7.72. The van der Waals surface area contributed by atoms with Crippen LogP contribution in [0.5, 0.6) is 0 Å². The molecule has 0 bridgehead atoms. The Morgan fingerprint density at radius 1 is 1.36 bits per heavy atom. The molecule has 0 aromatic carbocycles. The summed E-state index contributed by atoms with van der Waals surface area (Å²) < 4.78 is 6.81. The molecule has 2 heterocycles. The third kappa shape index (κ3) is 3.05. The van der Waals surface area contributed by atoms with E-state index in [2.05, 4.69) is 26.2 Å². The van der Waals surface area contributed by atoms with E-state index in [1.165, 1.54) is 6.42 Å². The minimum absolute atomic E-state index is 0.264. The van der Waals surface area contributed by atoms with E-state index in [4.69, 9.17) is 9.84 Å². The predicted molar refractivity (Wildman–Crippen MR) is 85.6 cm³/mol. The number of ether oxygens (including phenoxy) is 1. The van der Waals surface area contributed by atoms with Crippen molar-refractivity contribution in [3.8, 4) is 0 Å². The Kier molecular flexibility index (Phi) is 4.52. The van der Waals surface area contributed by atoms with Crippen molar-refractivity contribution in [1.29, 1.82) is 0 Å². The molecule has 0 atom stereocenters. The van der Waals surface area contributed by atoms with Gasteiger partial charge in [-0.1, -0.05) is 0 Å². The van der Waals surface area contributed by atoms with E-state index in [0.717, 1.165) is 48.8 Å². The number of nitrogens with zero attached hydrogens (tertiary/aromatic N) is 1. The zero-order chi connectivity index (χ0) is 15.6. The molecular formula is C16H21BrN2O3. The van der Waals surface area contributed by atoms with E-state index in [-0.39, 0.29) is 6.61 Å². The molecule has 120 valence electrons. The Morgan fingerprint density at radius 3 is 2.73 bits per heavy atom. The molecule has 1 saturated heterocycles. The minimum Gasteiger partial charge on any atom is -0.480 e. The molecule has 1 aliphatic carbocycles. The number of hydrogen-bond donors (Lipinski definition) is 2. The number of carboxylic acid groups (broad SMARTS) is 1. The molecule has 0 radical (unpaired) electrons. The number of nitrogens with one attached hydrogen (secondary N) is 1. The summed E-state index contributed by atoms with van der Waals surface area (Å²) in [4.78, 5) is 15.1. The molecule has 22 heavy (non-hydrogen) atoms. The number of aliphatic carboxylic acids is 1. The SMILES string of the molecule is O=C(O)COC1(c2ccncc2Br)CCC2(CCNC2)CC1. The summed E-state index contributed by atoms with van der Waals surface area (Å²) in [6, 6.07) is 1.94. The van der Waals surface area contributed by atoms with Gasteiger partial charge in [0.1, 0.15) is 6.61 Å². The van der Waals surface area contributed by atoms with Crippen LogP contribution in [-0.4, -0.2) is 35.8 Å². The van der Waals surface area contributed by atoms with E-state index in [1.807, 2.05) is 6.07 Å². The average Bonchev–Trinajstić information content (AvgIpc) is 2.97. The number of aromatic nitrogens is 1. The molecular weight excluding hydrogens is 348 g/mol. The van der Waals surface area contributed by atoms with Gasteiger partial charge in [0.05, 0.1) is 5.60 Å². The number of carboxylic acids is 1. The Hall–Kier alpha value is -0.980. The molecule has 3 rings (SSSR count). The van der Waals surface area contributed by atoms with Gasteiger partial charge in [0, 0.05) is 29.0 Å². The van der Waals surface area contributed by atoms with Crippen molar-refractivity contribution in [3.05, 3.63) is 28.5 Å². The van der Waals surface area contributed by atoms with E-state index >= 15 is 0 Å². The van der Waals surface area contributed by atoms with E-state index in [9.17, 15) is 4.79 Å². The summed E-state index contributed by atoms with van der Waals surface area (Å²) in [7, 11) is 0. The van der Waals surface area contributed by atoms with E-state index < -0.39 is 11.6 Å². The highest BCUT2D eigenvalue weighted by Crippen LogP contribution is 2.51. The van der Waals surface area contributed by atoms with E-state index in [1.54, 1.807) is 12.4 Å². The van der Waals surface area contributed by atoms with Gasteiger partial charge in [0.25, 0.3) is 0 Å². The van der Waals surface area contributed by atoms with Crippen molar-refractivity contribution in [1.82, 2.24) is 10.3 Å². The molecule has 5 nitrogen and oxygen atoms in total. The van der Waals surface area contributed by atoms with Crippen LogP contribution in [0.3, 0.4) is 0 Å². The van der Waals surface area contributed by atoms with Crippen molar-refractivity contribution in [2.24, 2.45) is 5.41 Å². The molecule has 2 fully saturated rings. The molecule has 6 heteroatoms. The number of pyridine rings is 1. The Labute approximate surface area is 138 Å². The normalized spacial score (nSPS) is 31.5. The summed E-state index contributed by atoms with van der Waals surface area (Å²) in [6.45, 7) is 1.89. The first-order valence-corrected chi connectivity index (χ1v) is 8.51. The van der Waals surface area contributed by atoms with Gasteiger partial charge in [-0.25, -0.2) is 4.79 Å². The summed E-state index contributed by atoms with van der Waals surface area (Å²) in [5.74, 6) is -0.924. The van der Waals surface area contributed by atoms with Crippen LogP contribution >= 0.6 is 15.9 Å². The van der Waals surface area contributed by atoms with Crippen LogP contribution in [0, 0.1) is 5.41 Å². The first-order chi connectivity index (χ1) is 10.6. The highest BCUT2D eigenvalue weighted by atomic mass is 79.9. The summed E-state index contributed by atoms with van der Waals surface area (Å²) >= 11 is 3.55. The quantitative estimate of drug-likeness (QED) is 0.854. The topological polar surface area (TPSA) is 71.5 Å². The van der Waals surface area contributed by atoms with Gasteiger partial charge in [-0.05, 0) is 66.1 Å². The van der Waals surface area contributed by atoms with Gasteiger partial charge >= 0.3 is 5.97 Å². The standard InChI is InChI=1S/C16H21BrN2O3/c17-13-9-18-7-1-12(13)16(22-10-14(20)21)4-2-15(3-5-16)6-8-19-11-15/h1,7,9,19H,2-6,8,10-11H2,(H,20,21). The predicted octanol–water partition coefficient (Wildman–Crippen LogP) is 2.69. The number of halogens is 1. The molecule has 2 aliphatic rings. The highest BCUT2D eigenvalue weighted by molar-refractivity contribution is 9.10. The maximum absolute atomic E-state index is 11.0.